The Hall–Kier alpha value is -3.91. The zero-order valence-electron chi connectivity index (χ0n) is 17.4. The third-order valence-corrected chi connectivity index (χ3v) is 5.26. The van der Waals surface area contributed by atoms with Gasteiger partial charge in [0.05, 0.1) is 23.4 Å². The first-order valence-electron chi connectivity index (χ1n) is 9.88. The Bertz CT molecular complexity index is 1290. The largest absolute Gasteiger partial charge is 0.495 e. The third-order valence-electron chi connectivity index (χ3n) is 5.03. The molecule has 4 aromatic rings. The van der Waals surface area contributed by atoms with Gasteiger partial charge in [-0.3, -0.25) is 10.1 Å². The summed E-state index contributed by atoms with van der Waals surface area (Å²) in [5, 5.41) is 17.6. The van der Waals surface area contributed by atoms with Crippen molar-refractivity contribution in [3.63, 3.8) is 0 Å². The Kier molecular flexibility index (Phi) is 6.04. The molecule has 0 unspecified atom stereocenters. The summed E-state index contributed by atoms with van der Waals surface area (Å²) in [5.41, 5.74) is 1.03. The monoisotopic (exact) mass is 449 g/mol. The molecule has 32 heavy (non-hydrogen) atoms. The third kappa shape index (κ3) is 4.00. The molecule has 0 saturated carbocycles. The number of anilines is 4. The number of nitro groups is 1. The summed E-state index contributed by atoms with van der Waals surface area (Å²) in [6.45, 7) is 2.38. The van der Waals surface area contributed by atoms with Crippen molar-refractivity contribution >= 4 is 51.1 Å². The molecule has 4 rings (SSSR count). The van der Waals surface area contributed by atoms with Crippen LogP contribution >= 0.6 is 11.6 Å². The maximum atomic E-state index is 12.2. The van der Waals surface area contributed by atoms with E-state index in [1.807, 2.05) is 54.3 Å². The Morgan fingerprint density at radius 2 is 1.91 bits per heavy atom. The molecule has 9 heteroatoms. The molecular weight excluding hydrogens is 430 g/mol. The lowest BCUT2D eigenvalue weighted by Crippen LogP contribution is -2.20. The SMILES string of the molecule is CCN(c1ncnc(Nc2cc(Cl)ccc2OC)c1[N+](=O)[O-])c1cccc2ccccc12. The van der Waals surface area contributed by atoms with Gasteiger partial charge >= 0.3 is 5.69 Å². The van der Waals surface area contributed by atoms with E-state index in [0.29, 0.717) is 23.0 Å². The lowest BCUT2D eigenvalue weighted by molar-refractivity contribution is -0.383. The number of ether oxygens (including phenoxy) is 1. The molecule has 0 aliphatic heterocycles. The summed E-state index contributed by atoms with van der Waals surface area (Å²) in [4.78, 5) is 21.9. The molecule has 0 saturated heterocycles. The molecule has 0 amide bonds. The predicted octanol–water partition coefficient (Wildman–Crippen LogP) is 6.10. The summed E-state index contributed by atoms with van der Waals surface area (Å²) in [6, 6.07) is 18.7. The Labute approximate surface area is 189 Å². The van der Waals surface area contributed by atoms with Gasteiger partial charge in [-0.1, -0.05) is 48.0 Å². The van der Waals surface area contributed by atoms with Crippen molar-refractivity contribution in [3.8, 4) is 5.75 Å². The maximum absolute atomic E-state index is 12.2. The maximum Gasteiger partial charge on any atom is 0.354 e. The van der Waals surface area contributed by atoms with Crippen molar-refractivity contribution < 1.29 is 9.66 Å². The van der Waals surface area contributed by atoms with E-state index in [9.17, 15) is 10.1 Å². The molecule has 8 nitrogen and oxygen atoms in total. The van der Waals surface area contributed by atoms with Gasteiger partial charge in [-0.15, -0.1) is 0 Å². The Morgan fingerprint density at radius 1 is 1.12 bits per heavy atom. The van der Waals surface area contributed by atoms with E-state index in [2.05, 4.69) is 15.3 Å². The summed E-state index contributed by atoms with van der Waals surface area (Å²) in [5.74, 6) is 0.705. The van der Waals surface area contributed by atoms with E-state index < -0.39 is 4.92 Å². The van der Waals surface area contributed by atoms with Crippen molar-refractivity contribution in [3.05, 3.63) is 82.1 Å². The fraction of sp³-hybridized carbons (Fsp3) is 0.130. The van der Waals surface area contributed by atoms with Crippen LogP contribution in [0.3, 0.4) is 0 Å². The van der Waals surface area contributed by atoms with Gasteiger partial charge in [-0.05, 0) is 36.6 Å². The number of rotatable bonds is 7. The van der Waals surface area contributed by atoms with Crippen LogP contribution in [-0.4, -0.2) is 28.5 Å². The molecule has 0 fully saturated rings. The van der Waals surface area contributed by atoms with Crippen molar-refractivity contribution in [1.82, 2.24) is 9.97 Å². The number of benzene rings is 3. The van der Waals surface area contributed by atoms with Crippen LogP contribution in [-0.2, 0) is 0 Å². The standard InChI is InChI=1S/C23H20ClN5O3/c1-3-28(19-10-6-8-15-7-4-5-9-17(15)19)23-21(29(30)31)22(25-14-26-23)27-18-13-16(24)11-12-20(18)32-2/h4-14H,3H2,1-2H3,(H,25,26,27). The molecule has 1 aromatic heterocycles. The molecule has 162 valence electrons. The lowest BCUT2D eigenvalue weighted by atomic mass is 10.1. The number of hydrogen-bond acceptors (Lipinski definition) is 7. The second-order valence-electron chi connectivity index (χ2n) is 6.86. The second kappa shape index (κ2) is 9.07. The highest BCUT2D eigenvalue weighted by atomic mass is 35.5. The first-order chi connectivity index (χ1) is 15.5. The van der Waals surface area contributed by atoms with Gasteiger partial charge in [0, 0.05) is 17.0 Å². The number of hydrogen-bond donors (Lipinski definition) is 1. The first kappa shape index (κ1) is 21.3. The highest BCUT2D eigenvalue weighted by Gasteiger charge is 2.28. The minimum Gasteiger partial charge on any atom is -0.495 e. The van der Waals surface area contributed by atoms with Crippen molar-refractivity contribution in [2.75, 3.05) is 23.9 Å². The van der Waals surface area contributed by atoms with E-state index in [4.69, 9.17) is 16.3 Å². The quantitative estimate of drug-likeness (QED) is 0.269. The molecular formula is C23H20ClN5O3. The molecule has 0 spiro atoms. The number of aromatic nitrogens is 2. The zero-order valence-corrected chi connectivity index (χ0v) is 18.2. The minimum absolute atomic E-state index is 0.0410. The van der Waals surface area contributed by atoms with Gasteiger partial charge in [0.25, 0.3) is 0 Å². The van der Waals surface area contributed by atoms with Crippen LogP contribution in [0.5, 0.6) is 5.75 Å². The summed E-state index contributed by atoms with van der Waals surface area (Å²) >= 11 is 6.11. The summed E-state index contributed by atoms with van der Waals surface area (Å²) < 4.78 is 5.34. The van der Waals surface area contributed by atoms with Crippen molar-refractivity contribution in [2.45, 2.75) is 6.92 Å². The van der Waals surface area contributed by atoms with Crippen LogP contribution in [0.25, 0.3) is 10.8 Å². The van der Waals surface area contributed by atoms with E-state index in [1.165, 1.54) is 13.4 Å². The average molecular weight is 450 g/mol. The Balaban J connectivity index is 1.86. The smallest absolute Gasteiger partial charge is 0.354 e. The van der Waals surface area contributed by atoms with Crippen LogP contribution in [0.1, 0.15) is 6.92 Å². The molecule has 0 aliphatic carbocycles. The summed E-state index contributed by atoms with van der Waals surface area (Å²) in [6.07, 6.45) is 1.30. The molecule has 1 heterocycles. The normalized spacial score (nSPS) is 10.7. The highest BCUT2D eigenvalue weighted by Crippen LogP contribution is 2.40. The topological polar surface area (TPSA) is 93.4 Å². The number of fused-ring (bicyclic) bond motifs is 1. The van der Waals surface area contributed by atoms with E-state index in [1.54, 1.807) is 18.2 Å². The van der Waals surface area contributed by atoms with Crippen LogP contribution in [0, 0.1) is 10.1 Å². The zero-order chi connectivity index (χ0) is 22.7. The van der Waals surface area contributed by atoms with E-state index in [0.717, 1.165) is 16.5 Å². The van der Waals surface area contributed by atoms with Gasteiger partial charge in [-0.2, -0.15) is 0 Å². The van der Waals surface area contributed by atoms with Crippen molar-refractivity contribution in [1.29, 1.82) is 0 Å². The second-order valence-corrected chi connectivity index (χ2v) is 7.30. The molecule has 1 N–H and O–H groups in total. The molecule has 0 bridgehead atoms. The molecule has 3 aromatic carbocycles. The van der Waals surface area contributed by atoms with Gasteiger partial charge < -0.3 is 15.0 Å². The van der Waals surface area contributed by atoms with Crippen LogP contribution in [0.15, 0.2) is 67.0 Å². The van der Waals surface area contributed by atoms with Crippen LogP contribution < -0.4 is 15.0 Å². The van der Waals surface area contributed by atoms with Gasteiger partial charge in [0.2, 0.25) is 11.6 Å². The van der Waals surface area contributed by atoms with Crippen molar-refractivity contribution in [2.24, 2.45) is 0 Å². The minimum atomic E-state index is -0.484. The molecule has 0 radical (unpaired) electrons. The highest BCUT2D eigenvalue weighted by molar-refractivity contribution is 6.31. The average Bonchev–Trinajstić information content (AvgIpc) is 2.80. The van der Waals surface area contributed by atoms with Crippen LogP contribution in [0.4, 0.5) is 28.7 Å². The Morgan fingerprint density at radius 3 is 2.66 bits per heavy atom. The molecule has 0 atom stereocenters. The lowest BCUT2D eigenvalue weighted by Gasteiger charge is -2.24. The number of methoxy groups -OCH3 is 1. The number of halogens is 1. The van der Waals surface area contributed by atoms with Gasteiger partial charge in [0.1, 0.15) is 12.1 Å². The van der Waals surface area contributed by atoms with E-state index in [-0.39, 0.29) is 17.3 Å². The molecule has 0 aliphatic rings. The predicted molar refractivity (Wildman–Crippen MR) is 127 cm³/mol. The van der Waals surface area contributed by atoms with Gasteiger partial charge in [-0.25, -0.2) is 9.97 Å². The van der Waals surface area contributed by atoms with E-state index >= 15 is 0 Å². The number of nitrogens with one attached hydrogen (secondary N) is 1. The first-order valence-corrected chi connectivity index (χ1v) is 10.3. The fourth-order valence-corrected chi connectivity index (χ4v) is 3.78. The summed E-state index contributed by atoms with van der Waals surface area (Å²) in [7, 11) is 1.51. The fourth-order valence-electron chi connectivity index (χ4n) is 3.61. The van der Waals surface area contributed by atoms with Gasteiger partial charge in [0.15, 0.2) is 0 Å². The number of nitrogens with zero attached hydrogens (tertiary/aromatic N) is 4. The van der Waals surface area contributed by atoms with Crippen LogP contribution in [0.2, 0.25) is 5.02 Å².